The van der Waals surface area contributed by atoms with Gasteiger partial charge in [-0.05, 0) is 153 Å². The third kappa shape index (κ3) is 8.33. The molecule has 2 aliphatic heterocycles. The molecule has 22 rings (SSSR count). The van der Waals surface area contributed by atoms with Gasteiger partial charge in [0.25, 0.3) is 0 Å². The van der Waals surface area contributed by atoms with Crippen molar-refractivity contribution in [1.82, 2.24) is 19.9 Å². The van der Waals surface area contributed by atoms with E-state index in [0.29, 0.717) is 11.6 Å². The number of benzene rings is 14. The third-order valence-electron chi connectivity index (χ3n) is 21.7. The highest BCUT2D eigenvalue weighted by molar-refractivity contribution is 7.26. The van der Waals surface area contributed by atoms with E-state index in [2.05, 4.69) is 322 Å². The third-order valence-corrected chi connectivity index (χ3v) is 23.9. The smallest absolute Gasteiger partial charge is 0.160 e. The van der Waals surface area contributed by atoms with E-state index in [1.165, 1.54) is 84.9 Å². The van der Waals surface area contributed by atoms with Crippen molar-refractivity contribution in [2.24, 2.45) is 0 Å². The number of fused-ring (bicyclic) bond motifs is 24. The number of hydrogen-bond acceptors (Lipinski definition) is 8. The second-order valence-electron chi connectivity index (χ2n) is 27.0. The predicted molar refractivity (Wildman–Crippen MR) is 416 cm³/mol. The van der Waals surface area contributed by atoms with Gasteiger partial charge in [-0.2, -0.15) is 0 Å². The Balaban J connectivity index is 0.653. The highest BCUT2D eigenvalue weighted by Crippen LogP contribution is 2.66. The SMILES string of the molecule is c1ccc(-c2cc(-c3ccc4c(c3)C3(c5ccccc5Oc5ccccc53)c3cc5sc6ccccc6c5cc3-4)nc(-c3ccc(-c4cccc(-c5cc(-c6ccc7c(c6)C6(c8ccccc8O7)c7ccccc7-c7cc8sc9ccccc9c8cc76)nc(-c6ccccc6)n5)c4)cc3)n2)cc1. The number of hydrogen-bond donors (Lipinski definition) is 0. The van der Waals surface area contributed by atoms with Crippen LogP contribution in [0.1, 0.15) is 44.5 Å². The average molecular weight is 1340 g/mol. The van der Waals surface area contributed by atoms with E-state index in [0.717, 1.165) is 113 Å². The molecule has 2 spiro atoms. The van der Waals surface area contributed by atoms with Gasteiger partial charge in [0.2, 0.25) is 0 Å². The lowest BCUT2D eigenvalue weighted by molar-refractivity contribution is 0.436. The molecule has 0 radical (unpaired) electrons. The molecular weight excluding hydrogens is 1280 g/mol. The molecule has 474 valence electrons. The molecule has 6 heterocycles. The van der Waals surface area contributed by atoms with Crippen molar-refractivity contribution in [2.75, 3.05) is 0 Å². The molecule has 0 amide bonds. The maximum Gasteiger partial charge on any atom is 0.160 e. The molecule has 8 heteroatoms. The zero-order valence-electron chi connectivity index (χ0n) is 54.6. The summed E-state index contributed by atoms with van der Waals surface area (Å²) in [6.07, 6.45) is 0. The molecule has 14 aromatic carbocycles. The largest absolute Gasteiger partial charge is 0.457 e. The standard InChI is InChI=1S/C94H54N4O2S2/c1-3-20-56(21-4-1)79-53-81(61-42-44-64-67-49-69-65-27-8-17-36-87(65)102-90(69)52-77(67)94(75(64)47-61)73-31-12-15-34-84(73)99-85-35-16-13-32-74(85)94)98-92(95-79)58-40-38-55(39-41-58)59-24-19-25-60(46-59)80-54-82(97-91(96-80)57-22-5-2-6-23-57)62-43-45-86-78(48-62)93(72-30-11-14-33-83(72)100-86)71-29-10-7-26-63(71)68-51-89-70(50-76(68)93)66-28-9-18-37-88(66)101-89/h1-54H. The van der Waals surface area contributed by atoms with Gasteiger partial charge in [-0.25, -0.2) is 19.9 Å². The van der Waals surface area contributed by atoms with E-state index in [1.807, 2.05) is 28.7 Å². The van der Waals surface area contributed by atoms with Crippen LogP contribution in [0.4, 0.5) is 0 Å². The summed E-state index contributed by atoms with van der Waals surface area (Å²) in [5.41, 5.74) is 24.1. The van der Waals surface area contributed by atoms with Crippen LogP contribution in [0, 0.1) is 0 Å². The zero-order chi connectivity index (χ0) is 66.8. The maximum atomic E-state index is 6.98. The van der Waals surface area contributed by atoms with Gasteiger partial charge in [0.15, 0.2) is 11.6 Å². The highest BCUT2D eigenvalue weighted by Gasteiger charge is 2.53. The van der Waals surface area contributed by atoms with Crippen molar-refractivity contribution in [1.29, 1.82) is 0 Å². The lowest BCUT2D eigenvalue weighted by atomic mass is 9.65. The molecule has 1 unspecified atom stereocenters. The van der Waals surface area contributed by atoms with E-state index < -0.39 is 10.8 Å². The topological polar surface area (TPSA) is 70.0 Å². The van der Waals surface area contributed by atoms with Crippen LogP contribution in [0.25, 0.3) is 142 Å². The van der Waals surface area contributed by atoms with E-state index in [1.54, 1.807) is 0 Å². The Labute approximate surface area is 595 Å². The van der Waals surface area contributed by atoms with Gasteiger partial charge in [-0.3, -0.25) is 0 Å². The van der Waals surface area contributed by atoms with Crippen molar-refractivity contribution >= 4 is 63.0 Å². The molecule has 0 saturated heterocycles. The number of aromatic nitrogens is 4. The van der Waals surface area contributed by atoms with Gasteiger partial charge < -0.3 is 9.47 Å². The molecule has 0 fully saturated rings. The second-order valence-corrected chi connectivity index (χ2v) is 29.2. The van der Waals surface area contributed by atoms with Crippen molar-refractivity contribution < 1.29 is 9.47 Å². The average Bonchev–Trinajstić information content (AvgIpc) is 1.50. The maximum absolute atomic E-state index is 6.98. The van der Waals surface area contributed by atoms with Gasteiger partial charge in [0, 0.05) is 96.0 Å². The molecule has 4 aromatic heterocycles. The summed E-state index contributed by atoms with van der Waals surface area (Å²) in [6, 6.07) is 118. The summed E-state index contributed by atoms with van der Waals surface area (Å²) in [5.74, 6) is 4.68. The summed E-state index contributed by atoms with van der Waals surface area (Å²) in [4.78, 5) is 21.7. The normalized spacial score (nSPS) is 14.5. The van der Waals surface area contributed by atoms with E-state index in [4.69, 9.17) is 29.4 Å². The Morgan fingerprint density at radius 1 is 0.206 bits per heavy atom. The molecule has 4 aliphatic rings. The van der Waals surface area contributed by atoms with Crippen LogP contribution < -0.4 is 9.47 Å². The van der Waals surface area contributed by atoms with E-state index >= 15 is 0 Å². The molecule has 0 saturated carbocycles. The Morgan fingerprint density at radius 2 is 0.608 bits per heavy atom. The van der Waals surface area contributed by atoms with Crippen molar-refractivity contribution in [2.45, 2.75) is 10.8 Å². The molecule has 6 nitrogen and oxygen atoms in total. The van der Waals surface area contributed by atoms with Gasteiger partial charge in [-0.1, -0.05) is 231 Å². The van der Waals surface area contributed by atoms with Gasteiger partial charge in [0.1, 0.15) is 23.0 Å². The Kier molecular flexibility index (Phi) is 12.3. The summed E-state index contributed by atoms with van der Waals surface area (Å²) < 4.78 is 18.9. The molecule has 0 bridgehead atoms. The molecule has 102 heavy (non-hydrogen) atoms. The fourth-order valence-electron chi connectivity index (χ4n) is 17.2. The van der Waals surface area contributed by atoms with Crippen LogP contribution in [-0.4, -0.2) is 19.9 Å². The highest BCUT2D eigenvalue weighted by atomic mass is 32.1. The van der Waals surface area contributed by atoms with Crippen molar-refractivity contribution in [3.05, 3.63) is 372 Å². The molecule has 18 aromatic rings. The first-order valence-corrected chi connectivity index (χ1v) is 36.2. The summed E-state index contributed by atoms with van der Waals surface area (Å²) >= 11 is 3.72. The van der Waals surface area contributed by atoms with E-state index in [-0.39, 0.29) is 0 Å². The van der Waals surface area contributed by atoms with Gasteiger partial charge >= 0.3 is 0 Å². The monoisotopic (exact) mass is 1330 g/mol. The quantitative estimate of drug-likeness (QED) is 0.158. The molecule has 2 aliphatic carbocycles. The first-order valence-electron chi connectivity index (χ1n) is 34.5. The van der Waals surface area contributed by atoms with Gasteiger partial charge in [-0.15, -0.1) is 22.7 Å². The predicted octanol–water partition coefficient (Wildman–Crippen LogP) is 24.6. The minimum Gasteiger partial charge on any atom is -0.457 e. The van der Waals surface area contributed by atoms with Crippen LogP contribution in [0.2, 0.25) is 0 Å². The van der Waals surface area contributed by atoms with Crippen molar-refractivity contribution in [3.8, 4) is 124 Å². The zero-order valence-corrected chi connectivity index (χ0v) is 56.2. The first-order chi connectivity index (χ1) is 50.5. The Bertz CT molecular complexity index is 6550. The fourth-order valence-corrected chi connectivity index (χ4v) is 19.4. The minimum atomic E-state index is -0.689. The molecular formula is C94H54N4O2S2. The Morgan fingerprint density at radius 3 is 1.25 bits per heavy atom. The summed E-state index contributed by atoms with van der Waals surface area (Å²) in [6.45, 7) is 0. The van der Waals surface area contributed by atoms with Crippen LogP contribution >= 0.6 is 22.7 Å². The van der Waals surface area contributed by atoms with Crippen LogP contribution in [-0.2, 0) is 10.8 Å². The van der Waals surface area contributed by atoms with Crippen LogP contribution in [0.15, 0.2) is 328 Å². The van der Waals surface area contributed by atoms with Crippen LogP contribution in [0.5, 0.6) is 23.0 Å². The van der Waals surface area contributed by atoms with Crippen LogP contribution in [0.3, 0.4) is 0 Å². The lowest BCUT2D eigenvalue weighted by Gasteiger charge is -2.39. The molecule has 1 atom stereocenters. The van der Waals surface area contributed by atoms with Crippen molar-refractivity contribution in [3.63, 3.8) is 0 Å². The summed E-state index contributed by atoms with van der Waals surface area (Å²) in [5, 5.41) is 5.09. The number of nitrogens with zero attached hydrogens (tertiary/aromatic N) is 4. The molecule has 0 N–H and O–H groups in total. The van der Waals surface area contributed by atoms with Gasteiger partial charge in [0.05, 0.1) is 33.6 Å². The number of ether oxygens (including phenoxy) is 2. The fraction of sp³-hybridized carbons (Fsp3) is 0.0213. The van der Waals surface area contributed by atoms with E-state index in [9.17, 15) is 0 Å². The Hall–Kier alpha value is -12.7. The number of thiophene rings is 2. The number of para-hydroxylation sites is 3. The minimum absolute atomic E-state index is 0.639. The lowest BCUT2D eigenvalue weighted by Crippen LogP contribution is -2.32. The second kappa shape index (κ2) is 21.9. The summed E-state index contributed by atoms with van der Waals surface area (Å²) in [7, 11) is 0. The first kappa shape index (κ1) is 57.2. The number of rotatable bonds is 7.